The van der Waals surface area contributed by atoms with E-state index >= 15 is 0 Å². The zero-order valence-corrected chi connectivity index (χ0v) is 14.6. The van der Waals surface area contributed by atoms with Crippen LogP contribution in [0.5, 0.6) is 0 Å². The third kappa shape index (κ3) is 3.94. The van der Waals surface area contributed by atoms with Gasteiger partial charge in [0.25, 0.3) is 0 Å². The van der Waals surface area contributed by atoms with Crippen molar-refractivity contribution in [3.05, 3.63) is 36.7 Å². The van der Waals surface area contributed by atoms with Crippen LogP contribution < -0.4 is 4.72 Å². The summed E-state index contributed by atoms with van der Waals surface area (Å²) in [5, 5.41) is 8.98. The fourth-order valence-corrected chi connectivity index (χ4v) is 5.40. The molecular formula is C15H20N4O2S2. The minimum atomic E-state index is -3.49. The number of thioether (sulfide) groups is 1. The summed E-state index contributed by atoms with van der Waals surface area (Å²) in [4.78, 5) is 0.313. The molecule has 8 heteroatoms. The van der Waals surface area contributed by atoms with E-state index in [0.29, 0.717) is 4.90 Å². The van der Waals surface area contributed by atoms with Crippen molar-refractivity contribution in [2.75, 3.05) is 0 Å². The summed E-state index contributed by atoms with van der Waals surface area (Å²) >= 11 is 1.60. The Kier molecular flexibility index (Phi) is 5.03. The lowest BCUT2D eigenvalue weighted by molar-refractivity contribution is 0.422. The van der Waals surface area contributed by atoms with Crippen LogP contribution in [0.25, 0.3) is 0 Å². The maximum Gasteiger partial charge on any atom is 0.240 e. The van der Waals surface area contributed by atoms with E-state index in [1.165, 1.54) is 0 Å². The molecule has 2 atom stereocenters. The van der Waals surface area contributed by atoms with Crippen LogP contribution in [0.15, 0.2) is 46.7 Å². The van der Waals surface area contributed by atoms with Crippen LogP contribution in [0.3, 0.4) is 0 Å². The van der Waals surface area contributed by atoms with Gasteiger partial charge in [-0.2, -0.15) is 0 Å². The summed E-state index contributed by atoms with van der Waals surface area (Å²) in [5.74, 6) is 0. The minimum absolute atomic E-state index is 0.0874. The number of aryl methyl sites for hydroxylation is 1. The summed E-state index contributed by atoms with van der Waals surface area (Å²) in [5.41, 5.74) is 0. The van der Waals surface area contributed by atoms with Crippen molar-refractivity contribution in [1.82, 2.24) is 19.5 Å². The predicted molar refractivity (Wildman–Crippen MR) is 89.7 cm³/mol. The fourth-order valence-electron chi connectivity index (χ4n) is 2.75. The number of hydrogen-bond donors (Lipinski definition) is 1. The Morgan fingerprint density at radius 3 is 2.65 bits per heavy atom. The number of benzene rings is 1. The second-order valence-corrected chi connectivity index (χ2v) is 8.63. The molecule has 0 aliphatic heterocycles. The normalized spacial score (nSPS) is 22.1. The molecule has 1 aliphatic carbocycles. The van der Waals surface area contributed by atoms with Crippen molar-refractivity contribution in [3.63, 3.8) is 0 Å². The van der Waals surface area contributed by atoms with Gasteiger partial charge in [0.2, 0.25) is 10.0 Å². The van der Waals surface area contributed by atoms with Gasteiger partial charge >= 0.3 is 0 Å². The highest BCUT2D eigenvalue weighted by Gasteiger charge is 2.31. The number of aromatic nitrogens is 3. The number of rotatable bonds is 5. The van der Waals surface area contributed by atoms with Crippen LogP contribution in [0.2, 0.25) is 0 Å². The molecule has 2 aromatic rings. The van der Waals surface area contributed by atoms with Crippen molar-refractivity contribution in [2.45, 2.75) is 47.0 Å². The molecule has 0 saturated heterocycles. The van der Waals surface area contributed by atoms with Gasteiger partial charge in [-0.3, -0.25) is 0 Å². The molecule has 1 aromatic heterocycles. The zero-order valence-electron chi connectivity index (χ0n) is 12.9. The van der Waals surface area contributed by atoms with Gasteiger partial charge in [0.05, 0.1) is 4.90 Å². The smallest absolute Gasteiger partial charge is 0.240 e. The van der Waals surface area contributed by atoms with Crippen LogP contribution in [-0.4, -0.2) is 34.5 Å². The third-order valence-electron chi connectivity index (χ3n) is 3.99. The molecule has 0 unspecified atom stereocenters. The van der Waals surface area contributed by atoms with Crippen molar-refractivity contribution in [1.29, 1.82) is 0 Å². The first-order valence-electron chi connectivity index (χ1n) is 7.64. The highest BCUT2D eigenvalue weighted by molar-refractivity contribution is 7.99. The first kappa shape index (κ1) is 16.5. The van der Waals surface area contributed by atoms with Crippen LogP contribution in [0.1, 0.15) is 25.7 Å². The molecule has 0 bridgehead atoms. The lowest BCUT2D eigenvalue weighted by atomic mass is 9.96. The van der Waals surface area contributed by atoms with E-state index in [2.05, 4.69) is 14.9 Å². The van der Waals surface area contributed by atoms with Gasteiger partial charge in [-0.25, -0.2) is 13.1 Å². The predicted octanol–water partition coefficient (Wildman–Crippen LogP) is 2.20. The van der Waals surface area contributed by atoms with Gasteiger partial charge in [-0.05, 0) is 25.0 Å². The standard InChI is InChI=1S/C15H20N4O2S2/c1-19-11-16-17-15(19)22-14-10-6-5-9-13(14)18-23(20,21)12-7-3-2-4-8-12/h2-4,7-8,11,13-14,18H,5-6,9-10H2,1H3/t13-,14-/m1/s1. The van der Waals surface area contributed by atoms with Gasteiger partial charge in [-0.15, -0.1) is 10.2 Å². The van der Waals surface area contributed by atoms with Crippen molar-refractivity contribution in [2.24, 2.45) is 7.05 Å². The van der Waals surface area contributed by atoms with E-state index in [1.54, 1.807) is 42.4 Å². The van der Waals surface area contributed by atoms with Gasteiger partial charge < -0.3 is 4.57 Å². The lowest BCUT2D eigenvalue weighted by Crippen LogP contribution is -2.43. The van der Waals surface area contributed by atoms with E-state index in [0.717, 1.165) is 30.8 Å². The average molecular weight is 352 g/mol. The molecule has 0 spiro atoms. The second kappa shape index (κ2) is 7.02. The molecule has 1 saturated carbocycles. The van der Waals surface area contributed by atoms with E-state index in [-0.39, 0.29) is 11.3 Å². The minimum Gasteiger partial charge on any atom is -0.312 e. The highest BCUT2D eigenvalue weighted by Crippen LogP contribution is 2.33. The molecule has 1 aromatic carbocycles. The number of nitrogens with zero attached hydrogens (tertiary/aromatic N) is 3. The molecule has 1 aliphatic rings. The Labute approximate surface area is 140 Å². The maximum atomic E-state index is 12.6. The van der Waals surface area contributed by atoms with Crippen LogP contribution in [-0.2, 0) is 17.1 Å². The first-order valence-corrected chi connectivity index (χ1v) is 10.0. The summed E-state index contributed by atoms with van der Waals surface area (Å²) in [6.45, 7) is 0. The fraction of sp³-hybridized carbons (Fsp3) is 0.467. The lowest BCUT2D eigenvalue weighted by Gasteiger charge is -2.31. The molecule has 124 valence electrons. The molecule has 0 amide bonds. The van der Waals surface area contributed by atoms with Gasteiger partial charge in [-0.1, -0.05) is 42.8 Å². The summed E-state index contributed by atoms with van der Waals surface area (Å²) in [6, 6.07) is 8.44. The molecule has 1 fully saturated rings. The average Bonchev–Trinajstić information content (AvgIpc) is 2.95. The first-order chi connectivity index (χ1) is 11.1. The Bertz CT molecular complexity index is 746. The monoisotopic (exact) mass is 352 g/mol. The van der Waals surface area contributed by atoms with Crippen LogP contribution >= 0.6 is 11.8 Å². The summed E-state index contributed by atoms with van der Waals surface area (Å²) < 4.78 is 29.9. The highest BCUT2D eigenvalue weighted by atomic mass is 32.2. The maximum absolute atomic E-state index is 12.6. The molecule has 0 radical (unpaired) electrons. The van der Waals surface area contributed by atoms with E-state index in [4.69, 9.17) is 0 Å². The number of hydrogen-bond acceptors (Lipinski definition) is 5. The summed E-state index contributed by atoms with van der Waals surface area (Å²) in [7, 11) is -1.59. The van der Waals surface area contributed by atoms with Crippen molar-refractivity contribution in [3.8, 4) is 0 Å². The largest absolute Gasteiger partial charge is 0.312 e. The van der Waals surface area contributed by atoms with Gasteiger partial charge in [0.15, 0.2) is 5.16 Å². The van der Waals surface area contributed by atoms with Gasteiger partial charge in [0, 0.05) is 18.3 Å². The Hall–Kier alpha value is -1.38. The Morgan fingerprint density at radius 2 is 1.96 bits per heavy atom. The van der Waals surface area contributed by atoms with E-state index in [9.17, 15) is 8.42 Å². The van der Waals surface area contributed by atoms with Crippen molar-refractivity contribution >= 4 is 21.8 Å². The van der Waals surface area contributed by atoms with E-state index < -0.39 is 10.0 Å². The number of nitrogens with one attached hydrogen (secondary N) is 1. The SMILES string of the molecule is Cn1cnnc1S[C@@H]1CCCC[C@H]1NS(=O)(=O)c1ccccc1. The summed E-state index contributed by atoms with van der Waals surface area (Å²) in [6.07, 6.45) is 5.63. The Balaban J connectivity index is 1.75. The Morgan fingerprint density at radius 1 is 1.22 bits per heavy atom. The molecule has 3 rings (SSSR count). The van der Waals surface area contributed by atoms with Crippen molar-refractivity contribution < 1.29 is 8.42 Å². The number of sulfonamides is 1. The zero-order chi connectivity index (χ0) is 16.3. The van der Waals surface area contributed by atoms with E-state index in [1.807, 2.05) is 17.7 Å². The molecular weight excluding hydrogens is 332 g/mol. The molecule has 23 heavy (non-hydrogen) atoms. The molecule has 6 nitrogen and oxygen atoms in total. The quantitative estimate of drug-likeness (QED) is 0.893. The molecule has 1 heterocycles. The van der Waals surface area contributed by atoms with Crippen LogP contribution in [0.4, 0.5) is 0 Å². The molecule has 1 N–H and O–H groups in total. The third-order valence-corrected chi connectivity index (χ3v) is 6.94. The second-order valence-electron chi connectivity index (χ2n) is 5.71. The van der Waals surface area contributed by atoms with Gasteiger partial charge in [0.1, 0.15) is 6.33 Å². The van der Waals surface area contributed by atoms with Crippen LogP contribution in [0, 0.1) is 0 Å². The topological polar surface area (TPSA) is 76.9 Å².